The molecule has 3 unspecified atom stereocenters. The van der Waals surface area contributed by atoms with Crippen molar-refractivity contribution in [1.29, 1.82) is 0 Å². The van der Waals surface area contributed by atoms with Gasteiger partial charge in [0.15, 0.2) is 12.2 Å². The van der Waals surface area contributed by atoms with Gasteiger partial charge in [0.25, 0.3) is 0 Å². The number of hydrogen-bond donors (Lipinski definition) is 3. The van der Waals surface area contributed by atoms with Crippen LogP contribution in [-0.4, -0.2) is 96.7 Å². The lowest BCUT2D eigenvalue weighted by Crippen LogP contribution is -2.30. The molecular formula is C83H162O17P2. The zero-order chi connectivity index (χ0) is 75.1. The molecule has 0 aliphatic rings. The monoisotopic (exact) mass is 1490 g/mol. The summed E-state index contributed by atoms with van der Waals surface area (Å²) in [6, 6.07) is 0. The first-order valence-electron chi connectivity index (χ1n) is 42.9. The molecule has 0 saturated carbocycles. The number of hydrogen-bond acceptors (Lipinski definition) is 15. The molecule has 0 aromatic heterocycles. The summed E-state index contributed by atoms with van der Waals surface area (Å²) in [7, 11) is -9.92. The van der Waals surface area contributed by atoms with Crippen molar-refractivity contribution in [1.82, 2.24) is 0 Å². The summed E-state index contributed by atoms with van der Waals surface area (Å²) in [5.74, 6) is 0.336. The van der Waals surface area contributed by atoms with Crippen LogP contribution in [0.15, 0.2) is 0 Å². The summed E-state index contributed by atoms with van der Waals surface area (Å²) < 4.78 is 68.6. The van der Waals surface area contributed by atoms with Crippen LogP contribution in [0.25, 0.3) is 0 Å². The molecule has 0 fully saturated rings. The van der Waals surface area contributed by atoms with Crippen LogP contribution in [0.2, 0.25) is 0 Å². The maximum absolute atomic E-state index is 13.1. The average molecular weight is 1490 g/mol. The van der Waals surface area contributed by atoms with E-state index in [-0.39, 0.29) is 25.7 Å². The Kier molecular flexibility index (Phi) is 71.8. The Morgan fingerprint density at radius 2 is 0.500 bits per heavy atom. The van der Waals surface area contributed by atoms with E-state index in [9.17, 15) is 43.2 Å². The molecule has 0 spiro atoms. The lowest BCUT2D eigenvalue weighted by Gasteiger charge is -2.21. The highest BCUT2D eigenvalue weighted by Crippen LogP contribution is 2.45. The van der Waals surface area contributed by atoms with Crippen LogP contribution in [0.4, 0.5) is 0 Å². The Bertz CT molecular complexity index is 1980. The van der Waals surface area contributed by atoms with Gasteiger partial charge in [0.05, 0.1) is 26.4 Å². The number of phosphoric acid groups is 2. The van der Waals surface area contributed by atoms with Gasteiger partial charge >= 0.3 is 39.5 Å². The fraction of sp³-hybridized carbons (Fsp3) is 0.952. The number of rotatable bonds is 81. The second-order valence-electron chi connectivity index (χ2n) is 31.1. The summed E-state index contributed by atoms with van der Waals surface area (Å²) in [5, 5.41) is 10.6. The summed E-state index contributed by atoms with van der Waals surface area (Å²) in [6.45, 7) is 12.0. The van der Waals surface area contributed by atoms with E-state index in [4.69, 9.17) is 37.0 Å². The number of unbranched alkanes of at least 4 members (excludes halogenated alkanes) is 48. The van der Waals surface area contributed by atoms with Crippen molar-refractivity contribution in [3.8, 4) is 0 Å². The van der Waals surface area contributed by atoms with Crippen LogP contribution in [-0.2, 0) is 65.4 Å². The quantitative estimate of drug-likeness (QED) is 0.0222. The molecule has 17 nitrogen and oxygen atoms in total. The van der Waals surface area contributed by atoms with E-state index >= 15 is 0 Å². The van der Waals surface area contributed by atoms with Crippen molar-refractivity contribution in [2.75, 3.05) is 39.6 Å². The third-order valence-corrected chi connectivity index (χ3v) is 21.6. The number of ether oxygens (including phenoxy) is 4. The molecule has 0 rings (SSSR count). The average Bonchev–Trinajstić information content (AvgIpc) is 0.911. The normalized spacial score (nSPS) is 14.2. The van der Waals surface area contributed by atoms with Gasteiger partial charge < -0.3 is 33.8 Å². The molecule has 19 heteroatoms. The predicted molar refractivity (Wildman–Crippen MR) is 418 cm³/mol. The van der Waals surface area contributed by atoms with E-state index in [0.717, 1.165) is 120 Å². The molecule has 0 heterocycles. The lowest BCUT2D eigenvalue weighted by atomic mass is 9.99. The number of esters is 4. The van der Waals surface area contributed by atoms with Crippen molar-refractivity contribution >= 4 is 39.5 Å². The molecule has 0 aliphatic carbocycles. The highest BCUT2D eigenvalue weighted by molar-refractivity contribution is 7.47. The molecule has 606 valence electrons. The minimum Gasteiger partial charge on any atom is -0.462 e. The fourth-order valence-corrected chi connectivity index (χ4v) is 14.4. The van der Waals surface area contributed by atoms with Gasteiger partial charge in [-0.2, -0.15) is 0 Å². The largest absolute Gasteiger partial charge is 0.472 e. The first kappa shape index (κ1) is 100. The third kappa shape index (κ3) is 74.9. The zero-order valence-corrected chi connectivity index (χ0v) is 68.9. The topological polar surface area (TPSA) is 237 Å². The summed E-state index contributed by atoms with van der Waals surface area (Å²) >= 11 is 0. The smallest absolute Gasteiger partial charge is 0.462 e. The van der Waals surface area contributed by atoms with E-state index in [0.29, 0.717) is 25.7 Å². The zero-order valence-electron chi connectivity index (χ0n) is 67.1. The van der Waals surface area contributed by atoms with Gasteiger partial charge in [0.1, 0.15) is 19.3 Å². The number of aliphatic hydroxyl groups is 1. The van der Waals surface area contributed by atoms with Crippen molar-refractivity contribution in [2.45, 2.75) is 452 Å². The highest BCUT2D eigenvalue weighted by atomic mass is 31.2. The molecule has 3 N–H and O–H groups in total. The molecule has 0 aliphatic heterocycles. The van der Waals surface area contributed by atoms with Crippen molar-refractivity contribution in [3.05, 3.63) is 0 Å². The predicted octanol–water partition coefficient (Wildman–Crippen LogP) is 24.9. The minimum atomic E-state index is -4.96. The Morgan fingerprint density at radius 3 is 0.745 bits per heavy atom. The van der Waals surface area contributed by atoms with Crippen LogP contribution in [0.1, 0.15) is 434 Å². The Balaban J connectivity index is 5.17. The second-order valence-corrected chi connectivity index (χ2v) is 34.0. The SMILES string of the molecule is CCCCCCCCCC(=O)OC[C@H](COP(=O)(O)OC[C@H](O)COP(=O)(O)OC[C@@H](COC(=O)CCCCCCCCCCCCCCCCCCC(C)C)OC(=O)CCCCCCCCCCCCCCCCCCCCC(C)CC)OC(=O)CCCCCCCCCCCCCC(C)C. The first-order chi connectivity index (χ1) is 49.3. The standard InChI is InChI=1S/C83H162O17P2/c1-8-10-11-12-40-50-57-64-80(85)93-70-78(99-83(88)67-60-53-46-39-33-27-29-35-42-48-55-62-75(5)6)72-97-101(89,90)95-68-77(84)69-96-102(91,92)98-73-79(71-94-81(86)65-58-51-44-37-31-25-21-18-17-19-23-28-34-41-47-54-61-74(3)4)100-82(87)66-59-52-45-38-32-26-22-16-14-13-15-20-24-30-36-43-49-56-63-76(7)9-2/h74-79,84H,8-73H2,1-7H3,(H,89,90)(H,91,92)/t76?,77-,78+,79+/m0/s1. The lowest BCUT2D eigenvalue weighted by molar-refractivity contribution is -0.161. The van der Waals surface area contributed by atoms with E-state index < -0.39 is 97.5 Å². The summed E-state index contributed by atoms with van der Waals surface area (Å²) in [6.07, 6.45) is 62.7. The van der Waals surface area contributed by atoms with Crippen LogP contribution in [0, 0.1) is 17.8 Å². The van der Waals surface area contributed by atoms with Gasteiger partial charge in [-0.25, -0.2) is 9.13 Å². The van der Waals surface area contributed by atoms with E-state index in [2.05, 4.69) is 48.5 Å². The molecule has 0 aromatic carbocycles. The molecule has 0 saturated heterocycles. The van der Waals surface area contributed by atoms with Crippen LogP contribution < -0.4 is 0 Å². The molecule has 6 atom stereocenters. The van der Waals surface area contributed by atoms with E-state index in [1.807, 2.05) is 0 Å². The van der Waals surface area contributed by atoms with Gasteiger partial charge in [0, 0.05) is 25.7 Å². The summed E-state index contributed by atoms with van der Waals surface area (Å²) in [4.78, 5) is 72.9. The maximum Gasteiger partial charge on any atom is 0.472 e. The highest BCUT2D eigenvalue weighted by Gasteiger charge is 2.30. The van der Waals surface area contributed by atoms with Gasteiger partial charge in [-0.15, -0.1) is 0 Å². The Morgan fingerprint density at radius 1 is 0.284 bits per heavy atom. The first-order valence-corrected chi connectivity index (χ1v) is 45.9. The Hall–Kier alpha value is -1.94. The van der Waals surface area contributed by atoms with Crippen molar-refractivity contribution in [2.24, 2.45) is 17.8 Å². The Labute approximate surface area is 626 Å². The van der Waals surface area contributed by atoms with Gasteiger partial charge in [0.2, 0.25) is 0 Å². The minimum absolute atomic E-state index is 0.106. The van der Waals surface area contributed by atoms with Gasteiger partial charge in [-0.05, 0) is 43.4 Å². The van der Waals surface area contributed by atoms with Gasteiger partial charge in [-0.3, -0.25) is 37.3 Å². The molecule has 0 aromatic rings. The number of carbonyl (C=O) groups excluding carboxylic acids is 4. The second kappa shape index (κ2) is 73.2. The molecule has 0 bridgehead atoms. The summed E-state index contributed by atoms with van der Waals surface area (Å²) in [5.41, 5.74) is 0. The van der Waals surface area contributed by atoms with Crippen molar-refractivity contribution in [3.63, 3.8) is 0 Å². The molecule has 102 heavy (non-hydrogen) atoms. The number of aliphatic hydroxyl groups excluding tert-OH is 1. The third-order valence-electron chi connectivity index (χ3n) is 19.7. The molecular weight excluding hydrogens is 1330 g/mol. The molecule has 0 amide bonds. The van der Waals surface area contributed by atoms with Crippen molar-refractivity contribution < 1.29 is 80.2 Å². The number of carbonyl (C=O) groups is 4. The van der Waals surface area contributed by atoms with Crippen LogP contribution in [0.3, 0.4) is 0 Å². The maximum atomic E-state index is 13.1. The molecule has 0 radical (unpaired) electrons. The van der Waals surface area contributed by atoms with E-state index in [1.165, 1.54) is 231 Å². The van der Waals surface area contributed by atoms with Crippen LogP contribution >= 0.6 is 15.6 Å². The van der Waals surface area contributed by atoms with Gasteiger partial charge in [-0.1, -0.05) is 382 Å². The number of phosphoric ester groups is 2. The fourth-order valence-electron chi connectivity index (χ4n) is 12.8. The van der Waals surface area contributed by atoms with Crippen LogP contribution in [0.5, 0.6) is 0 Å². The van der Waals surface area contributed by atoms with E-state index in [1.54, 1.807) is 0 Å².